The number of phenols is 1. The van der Waals surface area contributed by atoms with Gasteiger partial charge >= 0.3 is 0 Å². The number of fused-ring (bicyclic) bond motifs is 4. The Morgan fingerprint density at radius 1 is 0.765 bits per heavy atom. The van der Waals surface area contributed by atoms with Crippen molar-refractivity contribution in [1.29, 1.82) is 0 Å². The lowest BCUT2D eigenvalue weighted by atomic mass is 9.79. The minimum Gasteiger partial charge on any atom is -0.507 e. The van der Waals surface area contributed by atoms with Crippen LogP contribution in [-0.4, -0.2) is 26.6 Å². The van der Waals surface area contributed by atoms with Crippen LogP contribution in [0.3, 0.4) is 0 Å². The predicted octanol–water partition coefficient (Wildman–Crippen LogP) is 6.31. The van der Waals surface area contributed by atoms with E-state index >= 15 is 0 Å². The van der Waals surface area contributed by atoms with Crippen LogP contribution in [0, 0.1) is 0 Å². The number of phenolic OH excluding ortho intramolecular Hbond substituents is 1. The first-order chi connectivity index (χ1) is 15.9. The summed E-state index contributed by atoms with van der Waals surface area (Å²) in [6.07, 6.45) is 0. The number of benzene rings is 3. The molecule has 5 rings (SSSR count). The molecule has 172 valence electrons. The normalized spacial score (nSPS) is 13.8. The van der Waals surface area contributed by atoms with E-state index in [1.54, 1.807) is 36.4 Å². The minimum atomic E-state index is -0.280. The fourth-order valence-electron chi connectivity index (χ4n) is 4.60. The number of aromatic nitrogens is 2. The number of H-pyrrole nitrogens is 1. The van der Waals surface area contributed by atoms with Crippen molar-refractivity contribution in [2.45, 2.75) is 52.4 Å². The van der Waals surface area contributed by atoms with Crippen LogP contribution in [0.25, 0.3) is 22.4 Å². The summed E-state index contributed by atoms with van der Waals surface area (Å²) in [5.41, 5.74) is 4.64. The summed E-state index contributed by atoms with van der Waals surface area (Å²) >= 11 is 0. The van der Waals surface area contributed by atoms with E-state index in [4.69, 9.17) is 4.98 Å². The SMILES string of the molecule is CC(C)(C)c1cc(-c2nc3c4c(ccc3[nH]2)C(=O)c2ccccc2C4=O)c(O)c(C(C)(C)C)c1. The van der Waals surface area contributed by atoms with Gasteiger partial charge < -0.3 is 10.1 Å². The van der Waals surface area contributed by atoms with Crippen LogP contribution in [0.5, 0.6) is 5.75 Å². The monoisotopic (exact) mass is 452 g/mol. The molecule has 0 fully saturated rings. The summed E-state index contributed by atoms with van der Waals surface area (Å²) in [6, 6.07) is 14.4. The Kier molecular flexibility index (Phi) is 4.63. The molecule has 0 unspecified atom stereocenters. The largest absolute Gasteiger partial charge is 0.507 e. The van der Waals surface area contributed by atoms with Gasteiger partial charge in [-0.05, 0) is 34.6 Å². The summed E-state index contributed by atoms with van der Waals surface area (Å²) in [4.78, 5) is 34.6. The van der Waals surface area contributed by atoms with Crippen LogP contribution in [0.4, 0.5) is 0 Å². The van der Waals surface area contributed by atoms with Crippen LogP contribution >= 0.6 is 0 Å². The third kappa shape index (κ3) is 3.26. The number of imidazole rings is 1. The maximum atomic E-state index is 13.4. The summed E-state index contributed by atoms with van der Waals surface area (Å²) < 4.78 is 0. The van der Waals surface area contributed by atoms with E-state index in [1.165, 1.54) is 0 Å². The summed E-state index contributed by atoms with van der Waals surface area (Å²) in [6.45, 7) is 12.6. The summed E-state index contributed by atoms with van der Waals surface area (Å²) in [5, 5.41) is 11.3. The molecule has 0 atom stereocenters. The first-order valence-electron chi connectivity index (χ1n) is 11.5. The van der Waals surface area contributed by atoms with Gasteiger partial charge in [-0.2, -0.15) is 0 Å². The lowest BCUT2D eigenvalue weighted by molar-refractivity contribution is 0.0980. The second kappa shape index (κ2) is 7.13. The van der Waals surface area contributed by atoms with Crippen LogP contribution in [-0.2, 0) is 10.8 Å². The number of ketones is 2. The molecular weight excluding hydrogens is 424 g/mol. The van der Waals surface area contributed by atoms with Crippen LogP contribution in [0.2, 0.25) is 0 Å². The van der Waals surface area contributed by atoms with Gasteiger partial charge in [-0.15, -0.1) is 0 Å². The van der Waals surface area contributed by atoms with Crippen molar-refractivity contribution in [2.24, 2.45) is 0 Å². The van der Waals surface area contributed by atoms with Crippen molar-refractivity contribution in [3.8, 4) is 17.1 Å². The number of rotatable bonds is 1. The van der Waals surface area contributed by atoms with Gasteiger partial charge in [-0.25, -0.2) is 4.98 Å². The molecule has 1 aliphatic carbocycles. The van der Waals surface area contributed by atoms with Crippen molar-refractivity contribution in [3.05, 3.63) is 81.9 Å². The molecule has 1 aliphatic rings. The smallest absolute Gasteiger partial charge is 0.196 e. The Balaban J connectivity index is 1.77. The van der Waals surface area contributed by atoms with Crippen LogP contribution in [0.15, 0.2) is 48.5 Å². The molecule has 4 aromatic rings. The van der Waals surface area contributed by atoms with E-state index < -0.39 is 0 Å². The molecule has 0 spiro atoms. The topological polar surface area (TPSA) is 83.0 Å². The molecule has 1 aromatic heterocycles. The number of carbonyl (C=O) groups excluding carboxylic acids is 2. The molecular formula is C29H28N2O3. The van der Waals surface area contributed by atoms with Gasteiger partial charge in [0.2, 0.25) is 0 Å². The molecule has 0 bridgehead atoms. The standard InChI is InChI=1S/C29H28N2O3/c1-28(2,3)15-13-19(25(33)20(14-15)29(4,5)6)27-30-21-12-11-18-22(23(21)31-27)26(34)17-10-8-7-9-16(17)24(18)32/h7-14,33H,1-6H3,(H,30,31). The molecule has 0 radical (unpaired) electrons. The quantitative estimate of drug-likeness (QED) is 0.312. The second-order valence-electron chi connectivity index (χ2n) is 11.1. The molecule has 34 heavy (non-hydrogen) atoms. The number of carbonyl (C=O) groups is 2. The van der Waals surface area contributed by atoms with Gasteiger partial charge in [-0.1, -0.05) is 71.9 Å². The molecule has 5 heteroatoms. The first-order valence-corrected chi connectivity index (χ1v) is 11.5. The molecule has 0 saturated carbocycles. The van der Waals surface area contributed by atoms with E-state index in [-0.39, 0.29) is 28.1 Å². The van der Waals surface area contributed by atoms with Gasteiger partial charge in [-0.3, -0.25) is 9.59 Å². The molecule has 3 aromatic carbocycles. The molecule has 5 nitrogen and oxygen atoms in total. The van der Waals surface area contributed by atoms with Gasteiger partial charge in [0.05, 0.1) is 16.6 Å². The Hall–Kier alpha value is -3.73. The lowest BCUT2D eigenvalue weighted by Crippen LogP contribution is -2.21. The van der Waals surface area contributed by atoms with E-state index in [0.29, 0.717) is 44.7 Å². The fraction of sp³-hybridized carbons (Fsp3) is 0.276. The fourth-order valence-corrected chi connectivity index (χ4v) is 4.60. The molecule has 0 amide bonds. The molecule has 1 heterocycles. The minimum absolute atomic E-state index is 0.139. The number of hydrogen-bond donors (Lipinski definition) is 2. The van der Waals surface area contributed by atoms with Gasteiger partial charge in [0.25, 0.3) is 0 Å². The third-order valence-corrected chi connectivity index (χ3v) is 6.58. The molecule has 2 N–H and O–H groups in total. The van der Waals surface area contributed by atoms with Crippen molar-refractivity contribution in [3.63, 3.8) is 0 Å². The third-order valence-electron chi connectivity index (χ3n) is 6.58. The van der Waals surface area contributed by atoms with E-state index in [1.807, 2.05) is 6.07 Å². The van der Waals surface area contributed by atoms with Gasteiger partial charge in [0.1, 0.15) is 17.1 Å². The Morgan fingerprint density at radius 3 is 2.03 bits per heavy atom. The Morgan fingerprint density at radius 2 is 1.41 bits per heavy atom. The van der Waals surface area contributed by atoms with Crippen LogP contribution < -0.4 is 0 Å². The second-order valence-corrected chi connectivity index (χ2v) is 11.1. The van der Waals surface area contributed by atoms with Crippen LogP contribution in [0.1, 0.15) is 84.5 Å². The number of hydrogen-bond acceptors (Lipinski definition) is 4. The van der Waals surface area contributed by atoms with Crippen molar-refractivity contribution in [2.75, 3.05) is 0 Å². The highest BCUT2D eigenvalue weighted by Crippen LogP contribution is 2.42. The van der Waals surface area contributed by atoms with E-state index in [9.17, 15) is 14.7 Å². The number of aromatic amines is 1. The van der Waals surface area contributed by atoms with Crippen molar-refractivity contribution in [1.82, 2.24) is 9.97 Å². The molecule has 0 saturated heterocycles. The summed E-state index contributed by atoms with van der Waals surface area (Å²) in [5.74, 6) is 0.249. The zero-order valence-corrected chi connectivity index (χ0v) is 20.3. The highest BCUT2D eigenvalue weighted by molar-refractivity contribution is 6.31. The zero-order chi connectivity index (χ0) is 24.6. The highest BCUT2D eigenvalue weighted by Gasteiger charge is 2.33. The average Bonchev–Trinajstić information content (AvgIpc) is 3.19. The zero-order valence-electron chi connectivity index (χ0n) is 20.3. The first kappa shape index (κ1) is 22.1. The lowest BCUT2D eigenvalue weighted by Gasteiger charge is -2.27. The summed E-state index contributed by atoms with van der Waals surface area (Å²) in [7, 11) is 0. The number of nitrogens with one attached hydrogen (secondary N) is 1. The Bertz CT molecular complexity index is 1510. The predicted molar refractivity (Wildman–Crippen MR) is 134 cm³/mol. The Labute approximate surface area is 198 Å². The number of nitrogens with zero attached hydrogens (tertiary/aromatic N) is 1. The maximum Gasteiger partial charge on any atom is 0.196 e. The van der Waals surface area contributed by atoms with E-state index in [0.717, 1.165) is 11.1 Å². The highest BCUT2D eigenvalue weighted by atomic mass is 16.3. The average molecular weight is 453 g/mol. The van der Waals surface area contributed by atoms with Crippen molar-refractivity contribution < 1.29 is 14.7 Å². The number of aromatic hydroxyl groups is 1. The maximum absolute atomic E-state index is 13.4. The molecule has 0 aliphatic heterocycles. The van der Waals surface area contributed by atoms with Gasteiger partial charge in [0, 0.05) is 22.3 Å². The van der Waals surface area contributed by atoms with Crippen molar-refractivity contribution >= 4 is 22.6 Å². The van der Waals surface area contributed by atoms with E-state index in [2.05, 4.69) is 52.6 Å². The van der Waals surface area contributed by atoms with Gasteiger partial charge in [0.15, 0.2) is 11.6 Å².